The molecule has 3 atom stereocenters. The number of hydrogen-bond acceptors (Lipinski definition) is 3. The van der Waals surface area contributed by atoms with Crippen molar-refractivity contribution in [2.75, 3.05) is 5.32 Å². The Bertz CT molecular complexity index is 592. The Morgan fingerprint density at radius 3 is 2.76 bits per heavy atom. The number of rotatable bonds is 3. The molecule has 6 nitrogen and oxygen atoms in total. The van der Waals surface area contributed by atoms with Crippen molar-refractivity contribution in [1.29, 1.82) is 0 Å². The lowest BCUT2D eigenvalue weighted by atomic mass is 9.96. The van der Waals surface area contributed by atoms with Crippen molar-refractivity contribution in [2.24, 2.45) is 0 Å². The quantitative estimate of drug-likeness (QED) is 0.778. The molecule has 3 N–H and O–H groups in total. The maximum atomic E-state index is 12.0. The second-order valence-electron chi connectivity index (χ2n) is 5.31. The molecule has 1 aromatic rings. The summed E-state index contributed by atoms with van der Waals surface area (Å²) in [5.74, 6) is -1.09. The van der Waals surface area contributed by atoms with Crippen LogP contribution in [0.5, 0.6) is 0 Å². The first kappa shape index (κ1) is 14.3. The minimum Gasteiger partial charge on any atom is -0.478 e. The van der Waals surface area contributed by atoms with Crippen LogP contribution in [0.15, 0.2) is 22.7 Å². The highest BCUT2D eigenvalue weighted by Crippen LogP contribution is 2.34. The van der Waals surface area contributed by atoms with Gasteiger partial charge in [0.1, 0.15) is 0 Å². The van der Waals surface area contributed by atoms with Crippen molar-refractivity contribution in [2.45, 2.75) is 37.5 Å². The van der Waals surface area contributed by atoms with Gasteiger partial charge in [0.25, 0.3) is 0 Å². The summed E-state index contributed by atoms with van der Waals surface area (Å²) in [4.78, 5) is 23.2. The first-order chi connectivity index (χ1) is 10.0. The van der Waals surface area contributed by atoms with E-state index < -0.39 is 12.0 Å². The van der Waals surface area contributed by atoms with Gasteiger partial charge in [-0.2, -0.15) is 0 Å². The highest BCUT2D eigenvalue weighted by Gasteiger charge is 2.41. The zero-order chi connectivity index (χ0) is 15.0. The van der Waals surface area contributed by atoms with Gasteiger partial charge in [-0.25, -0.2) is 9.59 Å². The molecule has 3 unspecified atom stereocenters. The number of halogens is 1. The molecule has 0 spiro atoms. The molecule has 2 amide bonds. The fourth-order valence-corrected chi connectivity index (χ4v) is 3.28. The monoisotopic (exact) mass is 354 g/mol. The Labute approximate surface area is 130 Å². The van der Waals surface area contributed by atoms with E-state index in [1.165, 1.54) is 6.07 Å². The van der Waals surface area contributed by atoms with Crippen LogP contribution in [-0.2, 0) is 4.74 Å². The normalized spacial score (nSPS) is 26.6. The average Bonchev–Trinajstić information content (AvgIpc) is 3.02. The van der Waals surface area contributed by atoms with Crippen molar-refractivity contribution >= 4 is 33.6 Å². The van der Waals surface area contributed by atoms with Crippen molar-refractivity contribution < 1.29 is 19.4 Å². The molecule has 1 aromatic carbocycles. The lowest BCUT2D eigenvalue weighted by Gasteiger charge is -2.20. The molecular weight excluding hydrogens is 340 g/mol. The van der Waals surface area contributed by atoms with E-state index in [2.05, 4.69) is 26.6 Å². The van der Waals surface area contributed by atoms with Gasteiger partial charge in [-0.15, -0.1) is 0 Å². The molecule has 2 bridgehead atoms. The number of aromatic carboxylic acids is 1. The second kappa shape index (κ2) is 5.65. The fraction of sp³-hybridized carbons (Fsp3) is 0.429. The predicted molar refractivity (Wildman–Crippen MR) is 79.6 cm³/mol. The molecule has 2 aliphatic rings. The number of carboxylic acid groups (broad SMARTS) is 1. The average molecular weight is 355 g/mol. The number of fused-ring (bicyclic) bond motifs is 2. The number of carboxylic acids is 1. The van der Waals surface area contributed by atoms with Crippen molar-refractivity contribution in [3.05, 3.63) is 28.2 Å². The van der Waals surface area contributed by atoms with Crippen LogP contribution < -0.4 is 10.6 Å². The summed E-state index contributed by atoms with van der Waals surface area (Å²) >= 11 is 3.22. The summed E-state index contributed by atoms with van der Waals surface area (Å²) in [7, 11) is 0. The summed E-state index contributed by atoms with van der Waals surface area (Å²) in [5, 5.41) is 14.6. The van der Waals surface area contributed by atoms with Gasteiger partial charge in [0.15, 0.2) is 0 Å². The molecule has 2 fully saturated rings. The van der Waals surface area contributed by atoms with Crippen molar-refractivity contribution in [1.82, 2.24) is 5.32 Å². The van der Waals surface area contributed by atoms with Gasteiger partial charge in [-0.05, 0) is 37.5 Å². The number of urea groups is 1. The molecule has 3 rings (SSSR count). The van der Waals surface area contributed by atoms with Crippen LogP contribution in [0.4, 0.5) is 10.5 Å². The van der Waals surface area contributed by atoms with Crippen LogP contribution in [0.25, 0.3) is 0 Å². The maximum absolute atomic E-state index is 12.0. The number of nitrogens with one attached hydrogen (secondary N) is 2. The van der Waals surface area contributed by atoms with Gasteiger partial charge >= 0.3 is 12.0 Å². The Kier molecular flexibility index (Phi) is 3.86. The van der Waals surface area contributed by atoms with Gasteiger partial charge < -0.3 is 20.5 Å². The molecular formula is C14H15BrN2O4. The first-order valence-corrected chi connectivity index (χ1v) is 7.58. The van der Waals surface area contributed by atoms with Crippen LogP contribution in [0.2, 0.25) is 0 Å². The van der Waals surface area contributed by atoms with Crippen LogP contribution in [-0.4, -0.2) is 35.4 Å². The standard InChI is InChI=1S/C14H15BrN2O4/c15-7-1-3-10(9(5-7)13(18)19)16-14(20)17-11-6-8-2-4-12(11)21-8/h1,3,5,8,11-12H,2,4,6H2,(H,18,19)(H2,16,17,20). The number of benzene rings is 1. The van der Waals surface area contributed by atoms with E-state index in [1.807, 2.05) is 0 Å². The highest BCUT2D eigenvalue weighted by molar-refractivity contribution is 9.10. The molecule has 0 aliphatic carbocycles. The van der Waals surface area contributed by atoms with E-state index in [4.69, 9.17) is 9.84 Å². The van der Waals surface area contributed by atoms with E-state index in [0.717, 1.165) is 19.3 Å². The van der Waals surface area contributed by atoms with Crippen LogP contribution in [0.1, 0.15) is 29.6 Å². The lowest BCUT2D eigenvalue weighted by molar-refractivity contribution is 0.0698. The molecule has 2 saturated heterocycles. The fourth-order valence-electron chi connectivity index (χ4n) is 2.92. The van der Waals surface area contributed by atoms with Gasteiger partial charge in [0.05, 0.1) is 29.5 Å². The molecule has 0 radical (unpaired) electrons. The van der Waals surface area contributed by atoms with Gasteiger partial charge in [-0.1, -0.05) is 15.9 Å². The number of amides is 2. The highest BCUT2D eigenvalue weighted by atomic mass is 79.9. The van der Waals surface area contributed by atoms with Crippen LogP contribution in [0, 0.1) is 0 Å². The Hall–Kier alpha value is -1.60. The number of ether oxygens (including phenoxy) is 1. The zero-order valence-corrected chi connectivity index (χ0v) is 12.7. The third-order valence-corrected chi connectivity index (χ3v) is 4.38. The third kappa shape index (κ3) is 3.03. The molecule has 2 heterocycles. The molecule has 2 aliphatic heterocycles. The Morgan fingerprint density at radius 1 is 1.33 bits per heavy atom. The summed E-state index contributed by atoms with van der Waals surface area (Å²) in [6.07, 6.45) is 3.19. The SMILES string of the molecule is O=C(Nc1ccc(Br)cc1C(=O)O)NC1CC2CCC1O2. The number of anilines is 1. The molecule has 0 aromatic heterocycles. The summed E-state index contributed by atoms with van der Waals surface area (Å²) < 4.78 is 6.32. The molecule has 0 saturated carbocycles. The molecule has 21 heavy (non-hydrogen) atoms. The van der Waals surface area contributed by atoms with E-state index in [9.17, 15) is 9.59 Å². The van der Waals surface area contributed by atoms with Gasteiger partial charge in [0, 0.05) is 4.47 Å². The molecule has 112 valence electrons. The maximum Gasteiger partial charge on any atom is 0.337 e. The summed E-state index contributed by atoms with van der Waals surface area (Å²) in [6.45, 7) is 0. The Morgan fingerprint density at radius 2 is 2.14 bits per heavy atom. The Balaban J connectivity index is 1.66. The summed E-state index contributed by atoms with van der Waals surface area (Å²) in [5.41, 5.74) is 0.316. The summed E-state index contributed by atoms with van der Waals surface area (Å²) in [6, 6.07) is 4.31. The second-order valence-corrected chi connectivity index (χ2v) is 6.23. The molecule has 7 heteroatoms. The zero-order valence-electron chi connectivity index (χ0n) is 11.1. The lowest BCUT2D eigenvalue weighted by Crippen LogP contribution is -2.43. The third-order valence-electron chi connectivity index (χ3n) is 3.88. The minimum atomic E-state index is -1.09. The van der Waals surface area contributed by atoms with E-state index >= 15 is 0 Å². The number of carbonyl (C=O) groups is 2. The first-order valence-electron chi connectivity index (χ1n) is 6.79. The van der Waals surface area contributed by atoms with Crippen molar-refractivity contribution in [3.63, 3.8) is 0 Å². The van der Waals surface area contributed by atoms with Crippen LogP contribution in [0.3, 0.4) is 0 Å². The number of hydrogen-bond donors (Lipinski definition) is 3. The van der Waals surface area contributed by atoms with Gasteiger partial charge in [-0.3, -0.25) is 0 Å². The minimum absolute atomic E-state index is 0.00692. The van der Waals surface area contributed by atoms with E-state index in [0.29, 0.717) is 4.47 Å². The number of carbonyl (C=O) groups excluding carboxylic acids is 1. The van der Waals surface area contributed by atoms with Crippen LogP contribution >= 0.6 is 15.9 Å². The van der Waals surface area contributed by atoms with Crippen molar-refractivity contribution in [3.8, 4) is 0 Å². The topological polar surface area (TPSA) is 87.7 Å². The predicted octanol–water partition coefficient (Wildman–Crippen LogP) is 2.59. The van der Waals surface area contributed by atoms with Gasteiger partial charge in [0.2, 0.25) is 0 Å². The smallest absolute Gasteiger partial charge is 0.337 e. The van der Waals surface area contributed by atoms with E-state index in [-0.39, 0.29) is 29.5 Å². The van der Waals surface area contributed by atoms with E-state index in [1.54, 1.807) is 12.1 Å². The largest absolute Gasteiger partial charge is 0.478 e.